The summed E-state index contributed by atoms with van der Waals surface area (Å²) in [7, 11) is 1.53. The second-order valence-corrected chi connectivity index (χ2v) is 12.7. The number of hydrogen-bond donors (Lipinski definition) is 4. The van der Waals surface area contributed by atoms with Crippen LogP contribution in [0.5, 0.6) is 0 Å². The highest BCUT2D eigenvalue weighted by molar-refractivity contribution is 7.17. The van der Waals surface area contributed by atoms with Gasteiger partial charge in [-0.25, -0.2) is 22.9 Å². The second-order valence-electron chi connectivity index (χ2n) is 11.8. The van der Waals surface area contributed by atoms with Gasteiger partial charge in [0.2, 0.25) is 0 Å². The van der Waals surface area contributed by atoms with Crippen molar-refractivity contribution in [3.05, 3.63) is 151 Å². The van der Waals surface area contributed by atoms with E-state index in [1.54, 1.807) is 79.0 Å². The van der Waals surface area contributed by atoms with Crippen LogP contribution in [0.4, 0.5) is 19.3 Å². The van der Waals surface area contributed by atoms with Crippen LogP contribution in [0.3, 0.4) is 0 Å². The molecular weight excluding hydrogens is 689 g/mol. The highest BCUT2D eigenvalue weighted by Gasteiger charge is 2.26. The summed E-state index contributed by atoms with van der Waals surface area (Å²) in [6.07, 6.45) is 1.37. The predicted molar refractivity (Wildman–Crippen MR) is 198 cm³/mol. The summed E-state index contributed by atoms with van der Waals surface area (Å²) in [5.74, 6) is -2.32. The van der Waals surface area contributed by atoms with Crippen LogP contribution >= 0.6 is 11.3 Å². The Morgan fingerprint density at radius 2 is 1.60 bits per heavy atom. The molecule has 0 spiro atoms. The molecule has 11 nitrogen and oxygen atoms in total. The van der Waals surface area contributed by atoms with Crippen molar-refractivity contribution in [2.75, 3.05) is 25.5 Å². The number of rotatable bonds is 12. The molecule has 0 aliphatic carbocycles. The number of benzene rings is 3. The van der Waals surface area contributed by atoms with Crippen LogP contribution in [0.1, 0.15) is 40.0 Å². The summed E-state index contributed by atoms with van der Waals surface area (Å²) in [6, 6.07) is 21.8. The number of amides is 3. The fourth-order valence-corrected chi connectivity index (χ4v) is 7.10. The molecule has 3 aromatic heterocycles. The number of fused-ring (bicyclic) bond motifs is 1. The van der Waals surface area contributed by atoms with E-state index in [1.807, 2.05) is 0 Å². The van der Waals surface area contributed by atoms with Crippen LogP contribution in [0.15, 0.2) is 106 Å². The quantitative estimate of drug-likeness (QED) is 0.132. The van der Waals surface area contributed by atoms with E-state index in [4.69, 9.17) is 0 Å². The molecule has 6 aromatic rings. The van der Waals surface area contributed by atoms with Gasteiger partial charge in [0.05, 0.1) is 28.0 Å². The molecule has 6 rings (SSSR count). The molecule has 52 heavy (non-hydrogen) atoms. The largest absolute Gasteiger partial charge is 0.355 e. The Labute approximate surface area is 301 Å². The van der Waals surface area contributed by atoms with Crippen molar-refractivity contribution in [1.29, 1.82) is 0 Å². The number of carbonyl (C=O) groups is 2. The highest BCUT2D eigenvalue weighted by Crippen LogP contribution is 2.33. The molecule has 0 aliphatic heterocycles. The average Bonchev–Trinajstić information content (AvgIpc) is 3.59. The first-order valence-corrected chi connectivity index (χ1v) is 17.4. The number of carbonyl (C=O) groups excluding carboxylic acids is 2. The Hall–Kier alpha value is -5.99. The van der Waals surface area contributed by atoms with Crippen molar-refractivity contribution >= 4 is 39.2 Å². The third-order valence-electron chi connectivity index (χ3n) is 8.50. The molecule has 1 atom stereocenters. The Morgan fingerprint density at radius 1 is 0.885 bits per heavy atom. The highest BCUT2D eigenvalue weighted by atomic mass is 32.1. The summed E-state index contributed by atoms with van der Waals surface area (Å²) in [6.45, 7) is 2.70. The van der Waals surface area contributed by atoms with E-state index >= 15 is 8.78 Å². The maximum absolute atomic E-state index is 15.1. The minimum atomic E-state index is -0.712. The van der Waals surface area contributed by atoms with Gasteiger partial charge >= 0.3 is 11.7 Å². The molecular formula is C38H35F2N7O4S. The third kappa shape index (κ3) is 7.53. The van der Waals surface area contributed by atoms with Crippen LogP contribution in [-0.2, 0) is 13.0 Å². The summed E-state index contributed by atoms with van der Waals surface area (Å²) >= 11 is 1.18. The Morgan fingerprint density at radius 3 is 2.25 bits per heavy atom. The van der Waals surface area contributed by atoms with E-state index < -0.39 is 28.8 Å². The van der Waals surface area contributed by atoms with Gasteiger partial charge in [-0.2, -0.15) is 0 Å². The van der Waals surface area contributed by atoms with E-state index in [0.717, 1.165) is 4.57 Å². The predicted octanol–water partition coefficient (Wildman–Crippen LogP) is 5.49. The number of para-hydroxylation sites is 1. The first-order chi connectivity index (χ1) is 25.2. The fourth-order valence-electron chi connectivity index (χ4n) is 5.94. The van der Waals surface area contributed by atoms with Crippen molar-refractivity contribution in [3.63, 3.8) is 0 Å². The van der Waals surface area contributed by atoms with Gasteiger partial charge in [-0.05, 0) is 85.0 Å². The van der Waals surface area contributed by atoms with E-state index in [9.17, 15) is 19.2 Å². The summed E-state index contributed by atoms with van der Waals surface area (Å²) in [5, 5.41) is 13.2. The number of pyridine rings is 1. The summed E-state index contributed by atoms with van der Waals surface area (Å²) in [4.78, 5) is 57.4. The van der Waals surface area contributed by atoms with Crippen LogP contribution in [-0.4, -0.2) is 46.2 Å². The van der Waals surface area contributed by atoms with Gasteiger partial charge in [0.15, 0.2) is 0 Å². The zero-order valence-electron chi connectivity index (χ0n) is 28.3. The smallest absolute Gasteiger partial charge is 0.341 e. The van der Waals surface area contributed by atoms with Crippen molar-refractivity contribution in [2.24, 2.45) is 0 Å². The fraction of sp³-hybridized carbons (Fsp3) is 0.184. The van der Waals surface area contributed by atoms with Crippen molar-refractivity contribution < 1.29 is 18.4 Å². The molecule has 0 bridgehead atoms. The minimum Gasteiger partial charge on any atom is -0.355 e. The van der Waals surface area contributed by atoms with Gasteiger partial charge in [0, 0.05) is 50.0 Å². The van der Waals surface area contributed by atoms with E-state index in [0.29, 0.717) is 45.3 Å². The average molecular weight is 724 g/mol. The van der Waals surface area contributed by atoms with Gasteiger partial charge in [0.25, 0.3) is 11.5 Å². The first-order valence-electron chi connectivity index (χ1n) is 16.5. The van der Waals surface area contributed by atoms with E-state index in [1.165, 1.54) is 47.3 Å². The van der Waals surface area contributed by atoms with E-state index in [2.05, 4.69) is 26.3 Å². The van der Waals surface area contributed by atoms with Crippen LogP contribution < -0.4 is 32.5 Å². The Kier molecular flexibility index (Phi) is 11.0. The molecule has 4 N–H and O–H groups in total. The zero-order valence-corrected chi connectivity index (χ0v) is 29.1. The molecule has 0 radical (unpaired) electrons. The van der Waals surface area contributed by atoms with Gasteiger partial charge in [-0.3, -0.25) is 19.1 Å². The lowest BCUT2D eigenvalue weighted by atomic mass is 9.91. The number of halogens is 2. The number of nitrogens with zero attached hydrogens (tertiary/aromatic N) is 3. The lowest BCUT2D eigenvalue weighted by Crippen LogP contribution is -2.38. The second kappa shape index (κ2) is 15.9. The maximum Gasteiger partial charge on any atom is 0.341 e. The van der Waals surface area contributed by atoms with Crippen molar-refractivity contribution in [2.45, 2.75) is 25.8 Å². The number of hydrogen-bond acceptors (Lipinski definition) is 7. The van der Waals surface area contributed by atoms with Gasteiger partial charge in [-0.1, -0.05) is 24.3 Å². The van der Waals surface area contributed by atoms with Crippen molar-refractivity contribution in [1.82, 2.24) is 30.1 Å². The Balaban J connectivity index is 1.46. The Bertz CT molecular complexity index is 2320. The molecule has 0 saturated heterocycles. The van der Waals surface area contributed by atoms with Gasteiger partial charge in [-0.15, -0.1) is 11.3 Å². The van der Waals surface area contributed by atoms with Crippen LogP contribution in [0.25, 0.3) is 21.6 Å². The first kappa shape index (κ1) is 35.8. The molecule has 14 heteroatoms. The molecule has 3 aromatic carbocycles. The number of nitrogens with one attached hydrogen (secondary N) is 4. The van der Waals surface area contributed by atoms with Crippen LogP contribution in [0, 0.1) is 11.6 Å². The normalized spacial score (nSPS) is 11.7. The van der Waals surface area contributed by atoms with E-state index in [-0.39, 0.29) is 42.4 Å². The lowest BCUT2D eigenvalue weighted by molar-refractivity contribution is 0.0962. The number of anilines is 1. The maximum atomic E-state index is 15.1. The zero-order chi connectivity index (χ0) is 36.8. The number of thiophene rings is 1. The lowest BCUT2D eigenvalue weighted by Gasteiger charge is -2.19. The number of urea groups is 1. The van der Waals surface area contributed by atoms with Gasteiger partial charge in [0.1, 0.15) is 16.5 Å². The molecule has 266 valence electrons. The minimum absolute atomic E-state index is 0.0928. The molecule has 3 heterocycles. The standard InChI is InChI=1S/C38H35F2N7O4S/c1-3-43-37(50)45-25-14-16-28(17-15-25)47-36-33(35(49)46(38(47)51)27-8-5-4-6-9-27)30(22-52-36)24(18-29-31(39)10-7-11-32(29)40)19-42-21-26-13-12-23(20-44-26)34(48)41-2/h4-17,20,22,24,42H,3,18-19,21H2,1-2H3,(H,41,48)(H2,43,45,50). The molecule has 0 aliphatic rings. The third-order valence-corrected chi connectivity index (χ3v) is 9.48. The van der Waals surface area contributed by atoms with Crippen molar-refractivity contribution in [3.8, 4) is 11.4 Å². The molecule has 3 amide bonds. The molecule has 0 saturated carbocycles. The number of aromatic nitrogens is 3. The SMILES string of the molecule is CCNC(=O)Nc1ccc(-n2c(=O)n(-c3ccccc3)c(=O)c3c(C(CNCc4ccc(C(=O)NC)cn4)Cc4c(F)cccc4F)csc32)cc1. The molecule has 0 fully saturated rings. The topological polar surface area (TPSA) is 139 Å². The summed E-state index contributed by atoms with van der Waals surface area (Å²) < 4.78 is 32.7. The monoisotopic (exact) mass is 723 g/mol. The summed E-state index contributed by atoms with van der Waals surface area (Å²) in [5.41, 5.74) is 1.52. The van der Waals surface area contributed by atoms with Crippen LogP contribution in [0.2, 0.25) is 0 Å². The van der Waals surface area contributed by atoms with Gasteiger partial charge < -0.3 is 21.3 Å². The molecule has 1 unspecified atom stereocenters.